The first-order valence-electron chi connectivity index (χ1n) is 4.96. The summed E-state index contributed by atoms with van der Waals surface area (Å²) in [5.41, 5.74) is 0.968. The van der Waals surface area contributed by atoms with E-state index in [2.05, 4.69) is 41.6 Å². The van der Waals surface area contributed by atoms with Crippen LogP contribution in [0.2, 0.25) is 0 Å². The lowest BCUT2D eigenvalue weighted by molar-refractivity contribution is 0.0687. The zero-order valence-electron chi connectivity index (χ0n) is 9.50. The lowest BCUT2D eigenvalue weighted by atomic mass is 10.3. The molecule has 2 aromatic rings. The van der Waals surface area contributed by atoms with E-state index in [1.54, 1.807) is 18.2 Å². The van der Waals surface area contributed by atoms with Gasteiger partial charge in [-0.05, 0) is 44.0 Å². The standard InChI is InChI=1S/C10H6Br2N2O4S2/c11-5-2-1-3-6(12)7(5)14-20(17,18)10-8(9(15)16)13-4-19-10/h1-4,14H,(H,15,16). The fourth-order valence-corrected chi connectivity index (χ4v) is 5.05. The van der Waals surface area contributed by atoms with Crippen molar-refractivity contribution >= 4 is 64.9 Å². The van der Waals surface area contributed by atoms with Gasteiger partial charge in [0.15, 0.2) is 9.90 Å². The summed E-state index contributed by atoms with van der Waals surface area (Å²) in [6, 6.07) is 5.04. The highest BCUT2D eigenvalue weighted by Crippen LogP contribution is 2.33. The molecule has 0 atom stereocenters. The molecule has 0 saturated heterocycles. The Labute approximate surface area is 135 Å². The van der Waals surface area contributed by atoms with E-state index in [-0.39, 0.29) is 9.90 Å². The molecule has 0 aliphatic carbocycles. The summed E-state index contributed by atoms with van der Waals surface area (Å²) in [4.78, 5) is 14.5. The molecular weight excluding hydrogens is 436 g/mol. The second kappa shape index (κ2) is 5.80. The van der Waals surface area contributed by atoms with E-state index in [1.165, 1.54) is 5.51 Å². The van der Waals surface area contributed by atoms with Crippen LogP contribution in [0.25, 0.3) is 0 Å². The third-order valence-corrected chi connectivity index (χ3v) is 6.22. The molecule has 0 bridgehead atoms. The topological polar surface area (TPSA) is 96.4 Å². The number of hydrogen-bond acceptors (Lipinski definition) is 5. The molecule has 0 radical (unpaired) electrons. The third-order valence-electron chi connectivity index (χ3n) is 2.18. The molecule has 2 N–H and O–H groups in total. The van der Waals surface area contributed by atoms with Crippen molar-refractivity contribution in [2.24, 2.45) is 0 Å². The smallest absolute Gasteiger partial charge is 0.356 e. The Kier molecular flexibility index (Phi) is 4.47. The highest BCUT2D eigenvalue weighted by Gasteiger charge is 2.26. The van der Waals surface area contributed by atoms with E-state index < -0.39 is 21.7 Å². The lowest BCUT2D eigenvalue weighted by Crippen LogP contribution is -2.16. The van der Waals surface area contributed by atoms with Crippen LogP contribution in [0.1, 0.15) is 10.5 Å². The number of aromatic nitrogens is 1. The predicted molar refractivity (Wildman–Crippen MR) is 81.7 cm³/mol. The lowest BCUT2D eigenvalue weighted by Gasteiger charge is -2.10. The van der Waals surface area contributed by atoms with Crippen LogP contribution in [0.5, 0.6) is 0 Å². The second-order valence-electron chi connectivity index (χ2n) is 3.50. The molecule has 106 valence electrons. The number of benzene rings is 1. The number of anilines is 1. The van der Waals surface area contributed by atoms with E-state index >= 15 is 0 Å². The maximum Gasteiger partial charge on any atom is 0.356 e. The Bertz CT molecular complexity index is 753. The van der Waals surface area contributed by atoms with Crippen molar-refractivity contribution in [2.45, 2.75) is 4.21 Å². The van der Waals surface area contributed by atoms with Gasteiger partial charge in [-0.25, -0.2) is 18.2 Å². The van der Waals surface area contributed by atoms with Crippen LogP contribution < -0.4 is 4.72 Å². The van der Waals surface area contributed by atoms with Crippen molar-refractivity contribution in [3.63, 3.8) is 0 Å². The van der Waals surface area contributed by atoms with Crippen LogP contribution >= 0.6 is 43.2 Å². The Hall–Kier alpha value is -0.970. The largest absolute Gasteiger partial charge is 0.476 e. The van der Waals surface area contributed by atoms with Gasteiger partial charge in [-0.2, -0.15) is 0 Å². The van der Waals surface area contributed by atoms with Gasteiger partial charge in [0.1, 0.15) is 0 Å². The Morgan fingerprint density at radius 1 is 1.30 bits per heavy atom. The van der Waals surface area contributed by atoms with Crippen LogP contribution in [-0.4, -0.2) is 24.5 Å². The van der Waals surface area contributed by atoms with Crippen molar-refractivity contribution in [3.8, 4) is 0 Å². The summed E-state index contributed by atoms with van der Waals surface area (Å²) < 4.78 is 27.5. The van der Waals surface area contributed by atoms with Gasteiger partial charge in [-0.15, -0.1) is 11.3 Å². The first kappa shape index (κ1) is 15.4. The molecule has 0 aliphatic heterocycles. The Morgan fingerprint density at radius 3 is 2.45 bits per heavy atom. The number of sulfonamides is 1. The van der Waals surface area contributed by atoms with Crippen molar-refractivity contribution in [1.82, 2.24) is 4.98 Å². The molecule has 1 aromatic heterocycles. The number of halogens is 2. The number of para-hydroxylation sites is 1. The van der Waals surface area contributed by atoms with Gasteiger partial charge in [-0.1, -0.05) is 6.07 Å². The molecule has 6 nitrogen and oxygen atoms in total. The Balaban J connectivity index is 2.47. The summed E-state index contributed by atoms with van der Waals surface area (Å²) in [7, 11) is -4.03. The molecule has 0 saturated carbocycles. The van der Waals surface area contributed by atoms with E-state index in [0.29, 0.717) is 8.95 Å². The number of nitrogens with zero attached hydrogens (tertiary/aromatic N) is 1. The van der Waals surface area contributed by atoms with Crippen LogP contribution in [-0.2, 0) is 10.0 Å². The van der Waals surface area contributed by atoms with Gasteiger partial charge in [0, 0.05) is 8.95 Å². The first-order valence-corrected chi connectivity index (χ1v) is 8.91. The van der Waals surface area contributed by atoms with E-state index in [0.717, 1.165) is 11.3 Å². The van der Waals surface area contributed by atoms with Crippen molar-refractivity contribution in [3.05, 3.63) is 38.3 Å². The summed E-state index contributed by atoms with van der Waals surface area (Å²) >= 11 is 7.19. The van der Waals surface area contributed by atoms with Crippen molar-refractivity contribution in [1.29, 1.82) is 0 Å². The minimum absolute atomic E-state index is 0.289. The van der Waals surface area contributed by atoms with Gasteiger partial charge in [0.2, 0.25) is 0 Å². The van der Waals surface area contributed by atoms with Gasteiger partial charge in [-0.3, -0.25) is 4.72 Å². The summed E-state index contributed by atoms with van der Waals surface area (Å²) in [6.07, 6.45) is 0. The first-order chi connectivity index (χ1) is 9.33. The quantitative estimate of drug-likeness (QED) is 0.759. The molecule has 20 heavy (non-hydrogen) atoms. The molecule has 1 aromatic carbocycles. The number of carbonyl (C=O) groups is 1. The van der Waals surface area contributed by atoms with Crippen LogP contribution in [0.15, 0.2) is 36.9 Å². The molecule has 0 aliphatic rings. The average Bonchev–Trinajstić information content (AvgIpc) is 2.84. The van der Waals surface area contributed by atoms with Crippen molar-refractivity contribution < 1.29 is 18.3 Å². The summed E-state index contributed by atoms with van der Waals surface area (Å²) in [5, 5.41) is 8.93. The number of carboxylic acid groups (broad SMARTS) is 1. The molecular formula is C10H6Br2N2O4S2. The molecule has 0 unspecified atom stereocenters. The molecule has 2 rings (SSSR count). The maximum absolute atomic E-state index is 12.2. The van der Waals surface area contributed by atoms with Gasteiger partial charge < -0.3 is 5.11 Å². The number of aromatic carboxylic acids is 1. The molecule has 0 amide bonds. The van der Waals surface area contributed by atoms with E-state index in [9.17, 15) is 13.2 Å². The maximum atomic E-state index is 12.2. The molecule has 10 heteroatoms. The molecule has 1 heterocycles. The zero-order valence-corrected chi connectivity index (χ0v) is 14.3. The average molecular weight is 442 g/mol. The highest BCUT2D eigenvalue weighted by molar-refractivity contribution is 9.11. The predicted octanol–water partition coefficient (Wildman–Crippen LogP) is 3.17. The summed E-state index contributed by atoms with van der Waals surface area (Å²) in [6.45, 7) is 0. The molecule has 0 spiro atoms. The molecule has 0 fully saturated rings. The third kappa shape index (κ3) is 3.03. The number of carboxylic acids is 1. The highest BCUT2D eigenvalue weighted by atomic mass is 79.9. The summed E-state index contributed by atoms with van der Waals surface area (Å²) in [5.74, 6) is -1.39. The van der Waals surface area contributed by atoms with Crippen LogP contribution in [0, 0.1) is 0 Å². The second-order valence-corrected chi connectivity index (χ2v) is 7.94. The number of hydrogen-bond donors (Lipinski definition) is 2. The minimum Gasteiger partial charge on any atom is -0.476 e. The zero-order chi connectivity index (χ0) is 14.9. The fraction of sp³-hybridized carbons (Fsp3) is 0. The normalized spacial score (nSPS) is 11.3. The van der Waals surface area contributed by atoms with E-state index in [1.807, 2.05) is 0 Å². The van der Waals surface area contributed by atoms with E-state index in [4.69, 9.17) is 5.11 Å². The SMILES string of the molecule is O=C(O)c1ncsc1S(=O)(=O)Nc1c(Br)cccc1Br. The number of nitrogens with one attached hydrogen (secondary N) is 1. The van der Waals surface area contributed by atoms with Gasteiger partial charge in [0.25, 0.3) is 10.0 Å². The van der Waals surface area contributed by atoms with Crippen LogP contribution in [0.3, 0.4) is 0 Å². The monoisotopic (exact) mass is 440 g/mol. The van der Waals surface area contributed by atoms with Gasteiger partial charge >= 0.3 is 5.97 Å². The van der Waals surface area contributed by atoms with Gasteiger partial charge in [0.05, 0.1) is 11.2 Å². The number of rotatable bonds is 4. The minimum atomic E-state index is -4.03. The van der Waals surface area contributed by atoms with Crippen LogP contribution in [0.4, 0.5) is 5.69 Å². The number of thiazole rings is 1. The Morgan fingerprint density at radius 2 is 1.90 bits per heavy atom. The fourth-order valence-electron chi connectivity index (χ4n) is 1.34. The van der Waals surface area contributed by atoms with Crippen molar-refractivity contribution in [2.75, 3.05) is 4.72 Å².